The number of rotatable bonds is 4. The Kier molecular flexibility index (Phi) is 3.18. The molecule has 0 aliphatic heterocycles. The number of nitrogens with zero attached hydrogens (tertiary/aromatic N) is 2. The van der Waals surface area contributed by atoms with Gasteiger partial charge in [-0.25, -0.2) is 4.98 Å². The van der Waals surface area contributed by atoms with Crippen molar-refractivity contribution in [3.63, 3.8) is 0 Å². The molecule has 1 aromatic heterocycles. The number of aromatic nitrogens is 2. The van der Waals surface area contributed by atoms with Gasteiger partial charge >= 0.3 is 0 Å². The molecular weight excluding hydrogens is 234 g/mol. The molecule has 18 heavy (non-hydrogen) atoms. The molecule has 0 atom stereocenters. The number of ether oxygens (including phenoxy) is 2. The van der Waals surface area contributed by atoms with E-state index in [4.69, 9.17) is 15.2 Å². The summed E-state index contributed by atoms with van der Waals surface area (Å²) < 4.78 is 12.1. The van der Waals surface area contributed by atoms with Crippen molar-refractivity contribution in [2.45, 2.75) is 0 Å². The van der Waals surface area contributed by atoms with Crippen molar-refractivity contribution in [1.29, 1.82) is 0 Å². The van der Waals surface area contributed by atoms with Crippen LogP contribution in [0.15, 0.2) is 30.7 Å². The molecular formula is C12H13N3O3. The molecule has 0 fully saturated rings. The second-order valence-electron chi connectivity index (χ2n) is 3.57. The van der Waals surface area contributed by atoms with Gasteiger partial charge in [-0.2, -0.15) is 0 Å². The monoisotopic (exact) mass is 247 g/mol. The first kappa shape index (κ1) is 12.0. The maximum absolute atomic E-state index is 11.0. The minimum Gasteiger partial charge on any atom is -0.497 e. The summed E-state index contributed by atoms with van der Waals surface area (Å²) in [7, 11) is 3.14. The molecule has 2 aromatic rings. The maximum Gasteiger partial charge on any atom is 0.268 e. The molecule has 6 heteroatoms. The topological polar surface area (TPSA) is 79.4 Å². The molecule has 94 valence electrons. The van der Waals surface area contributed by atoms with Crippen molar-refractivity contribution in [1.82, 2.24) is 9.55 Å². The van der Waals surface area contributed by atoms with Crippen LogP contribution in [0.3, 0.4) is 0 Å². The first-order valence-corrected chi connectivity index (χ1v) is 5.22. The number of hydrogen-bond donors (Lipinski definition) is 1. The number of carbonyl (C=O) groups is 1. The van der Waals surface area contributed by atoms with E-state index in [1.807, 2.05) is 0 Å². The van der Waals surface area contributed by atoms with E-state index in [2.05, 4.69) is 4.98 Å². The number of imidazole rings is 1. The lowest BCUT2D eigenvalue weighted by Gasteiger charge is -2.10. The molecule has 0 bridgehead atoms. The molecule has 2 N–H and O–H groups in total. The Labute approximate surface area is 104 Å². The average molecular weight is 247 g/mol. The van der Waals surface area contributed by atoms with E-state index in [1.54, 1.807) is 43.2 Å². The first-order chi connectivity index (χ1) is 8.65. The van der Waals surface area contributed by atoms with Gasteiger partial charge in [0.05, 0.1) is 19.9 Å². The summed E-state index contributed by atoms with van der Waals surface area (Å²) in [5.41, 5.74) is 6.07. The lowest BCUT2D eigenvalue weighted by molar-refractivity contribution is 0.0996. The molecule has 0 aliphatic rings. The summed E-state index contributed by atoms with van der Waals surface area (Å²) >= 11 is 0. The van der Waals surface area contributed by atoms with Gasteiger partial charge in [-0.3, -0.25) is 4.79 Å². The number of hydrogen-bond acceptors (Lipinski definition) is 4. The van der Waals surface area contributed by atoms with E-state index in [-0.39, 0.29) is 5.69 Å². The van der Waals surface area contributed by atoms with Gasteiger partial charge in [0.25, 0.3) is 5.91 Å². The minimum absolute atomic E-state index is 0.194. The number of methoxy groups -OCH3 is 2. The van der Waals surface area contributed by atoms with Crippen molar-refractivity contribution < 1.29 is 14.3 Å². The fourth-order valence-corrected chi connectivity index (χ4v) is 1.58. The zero-order valence-corrected chi connectivity index (χ0v) is 10.1. The third-order valence-electron chi connectivity index (χ3n) is 2.50. The normalized spacial score (nSPS) is 10.1. The van der Waals surface area contributed by atoms with Crippen LogP contribution < -0.4 is 15.2 Å². The predicted molar refractivity (Wildman–Crippen MR) is 65.2 cm³/mol. The molecule has 1 aromatic carbocycles. The summed E-state index contributed by atoms with van der Waals surface area (Å²) in [6.45, 7) is 0. The van der Waals surface area contributed by atoms with E-state index < -0.39 is 5.91 Å². The Hall–Kier alpha value is -2.50. The third kappa shape index (κ3) is 2.13. The Morgan fingerprint density at radius 1 is 1.33 bits per heavy atom. The number of benzene rings is 1. The highest BCUT2D eigenvalue weighted by Gasteiger charge is 2.10. The van der Waals surface area contributed by atoms with Crippen LogP contribution in [-0.4, -0.2) is 29.7 Å². The Balaban J connectivity index is 2.50. The lowest BCUT2D eigenvalue weighted by atomic mass is 10.2. The van der Waals surface area contributed by atoms with Gasteiger partial charge in [0.15, 0.2) is 0 Å². The Morgan fingerprint density at radius 2 is 2.11 bits per heavy atom. The number of carbonyl (C=O) groups excluding carboxylic acids is 1. The van der Waals surface area contributed by atoms with Crippen LogP contribution in [0.25, 0.3) is 5.69 Å². The number of primary amides is 1. The molecule has 0 unspecified atom stereocenters. The number of amides is 1. The number of nitrogens with two attached hydrogens (primary N) is 1. The third-order valence-corrected chi connectivity index (χ3v) is 2.50. The molecule has 1 heterocycles. The zero-order valence-electron chi connectivity index (χ0n) is 10.1. The fraction of sp³-hybridized carbons (Fsp3) is 0.167. The zero-order chi connectivity index (χ0) is 13.1. The van der Waals surface area contributed by atoms with Crippen LogP contribution in [0.4, 0.5) is 0 Å². The Bertz CT molecular complexity index is 578. The smallest absolute Gasteiger partial charge is 0.268 e. The van der Waals surface area contributed by atoms with Gasteiger partial charge in [0.1, 0.15) is 23.5 Å². The summed E-state index contributed by atoms with van der Waals surface area (Å²) in [5, 5.41) is 0. The van der Waals surface area contributed by atoms with E-state index in [0.29, 0.717) is 11.5 Å². The van der Waals surface area contributed by atoms with E-state index in [1.165, 1.54) is 6.33 Å². The van der Waals surface area contributed by atoms with Gasteiger partial charge in [-0.05, 0) is 12.1 Å². The summed E-state index contributed by atoms with van der Waals surface area (Å²) in [5.74, 6) is 0.750. The van der Waals surface area contributed by atoms with Crippen LogP contribution in [0.1, 0.15) is 10.5 Å². The minimum atomic E-state index is -0.574. The van der Waals surface area contributed by atoms with Gasteiger partial charge in [-0.1, -0.05) is 0 Å². The maximum atomic E-state index is 11.0. The van der Waals surface area contributed by atoms with Crippen molar-refractivity contribution in [2.24, 2.45) is 5.73 Å². The SMILES string of the molecule is COc1ccc(OC)c(-n2cnc(C(N)=O)c2)c1. The highest BCUT2D eigenvalue weighted by Crippen LogP contribution is 2.27. The van der Waals surface area contributed by atoms with Crippen molar-refractivity contribution in [3.8, 4) is 17.2 Å². The summed E-state index contributed by atoms with van der Waals surface area (Å²) in [4.78, 5) is 14.9. The van der Waals surface area contributed by atoms with Crippen LogP contribution in [0.2, 0.25) is 0 Å². The van der Waals surface area contributed by atoms with Crippen molar-refractivity contribution in [3.05, 3.63) is 36.4 Å². The highest BCUT2D eigenvalue weighted by molar-refractivity contribution is 5.90. The van der Waals surface area contributed by atoms with Crippen LogP contribution in [0, 0.1) is 0 Å². The van der Waals surface area contributed by atoms with Crippen molar-refractivity contribution in [2.75, 3.05) is 14.2 Å². The van der Waals surface area contributed by atoms with Crippen LogP contribution in [-0.2, 0) is 0 Å². The molecule has 0 aliphatic carbocycles. The molecule has 6 nitrogen and oxygen atoms in total. The van der Waals surface area contributed by atoms with Gasteiger partial charge in [0, 0.05) is 12.3 Å². The standard InChI is InChI=1S/C12H13N3O3/c1-17-8-3-4-11(18-2)10(5-8)15-6-9(12(13)16)14-7-15/h3-7H,1-2H3,(H2,13,16). The fourth-order valence-electron chi connectivity index (χ4n) is 1.58. The highest BCUT2D eigenvalue weighted by atomic mass is 16.5. The first-order valence-electron chi connectivity index (χ1n) is 5.22. The lowest BCUT2D eigenvalue weighted by Crippen LogP contribution is -2.11. The van der Waals surface area contributed by atoms with Crippen molar-refractivity contribution >= 4 is 5.91 Å². The Morgan fingerprint density at radius 3 is 2.67 bits per heavy atom. The predicted octanol–water partition coefficient (Wildman–Crippen LogP) is 0.988. The summed E-state index contributed by atoms with van der Waals surface area (Å²) in [6, 6.07) is 5.34. The van der Waals surface area contributed by atoms with Gasteiger partial charge < -0.3 is 19.8 Å². The van der Waals surface area contributed by atoms with Crippen LogP contribution in [0.5, 0.6) is 11.5 Å². The summed E-state index contributed by atoms with van der Waals surface area (Å²) in [6.07, 6.45) is 3.04. The second-order valence-corrected chi connectivity index (χ2v) is 3.57. The van der Waals surface area contributed by atoms with E-state index >= 15 is 0 Å². The van der Waals surface area contributed by atoms with E-state index in [0.717, 1.165) is 5.69 Å². The molecule has 0 radical (unpaired) electrons. The van der Waals surface area contributed by atoms with Gasteiger partial charge in [-0.15, -0.1) is 0 Å². The molecule has 1 amide bonds. The molecule has 0 saturated carbocycles. The molecule has 0 saturated heterocycles. The van der Waals surface area contributed by atoms with E-state index in [9.17, 15) is 4.79 Å². The largest absolute Gasteiger partial charge is 0.497 e. The quantitative estimate of drug-likeness (QED) is 0.873. The average Bonchev–Trinajstić information content (AvgIpc) is 2.87. The molecule has 0 spiro atoms. The second kappa shape index (κ2) is 4.79. The molecule has 2 rings (SSSR count). The van der Waals surface area contributed by atoms with Gasteiger partial charge in [0.2, 0.25) is 0 Å². The van der Waals surface area contributed by atoms with Crippen LogP contribution >= 0.6 is 0 Å².